The van der Waals surface area contributed by atoms with E-state index in [-0.39, 0.29) is 36.5 Å². The molecule has 0 radical (unpaired) electrons. The molecule has 0 unspecified atom stereocenters. The van der Waals surface area contributed by atoms with Crippen molar-refractivity contribution in [2.75, 3.05) is 6.61 Å². The molecule has 2 bridgehead atoms. The molecule has 16 nitrogen and oxygen atoms in total. The molecule has 4 fully saturated rings. The minimum Gasteiger partial charge on any atom is -0.456 e. The second-order valence-corrected chi connectivity index (χ2v) is 20.7. The quantitative estimate of drug-likeness (QED) is 0.123. The summed E-state index contributed by atoms with van der Waals surface area (Å²) >= 11 is 0. The fraction of sp³-hybridized carbons (Fsp3) is 0.702. The van der Waals surface area contributed by atoms with Crippen LogP contribution in [0.5, 0.6) is 5.75 Å². The minimum atomic E-state index is -5.12. The average Bonchev–Trinajstić information content (AvgIpc) is 4.03. The number of esters is 4. The summed E-state index contributed by atoms with van der Waals surface area (Å²) in [6, 6.07) is 2.79. The highest BCUT2D eigenvalue weighted by molar-refractivity contribution is 5.96. The number of carbonyl (C=O) groups is 6. The van der Waals surface area contributed by atoms with Gasteiger partial charge in [0.15, 0.2) is 23.6 Å². The van der Waals surface area contributed by atoms with Crippen molar-refractivity contribution in [3.8, 4) is 5.75 Å². The molecule has 66 heavy (non-hydrogen) atoms. The van der Waals surface area contributed by atoms with E-state index in [0.29, 0.717) is 12.8 Å². The zero-order valence-electron chi connectivity index (χ0n) is 39.2. The number of benzene rings is 1. The standard InChI is InChI=1S/C47H62F3NO15/c1-22(2)17-29(51-41(58)66-42(6,7)8)33(53)40(57)61-30-20-46(59)37(63-39(56)27-13-12-14-28(19-27)65-47(48,49)50)35-44(11,23(3)18-31-45(35,21-60-31)64-25(5)52)36(54)34(62-38(55)26-15-16-26)32(24(30)4)43(46,9)10/h12-14,19,22-23,26,29-31,33-35,37,53,59H,15-18,20-21H2,1-11H3,(H,51,58)/t23-,29-,30-,31+,33+,34+,35-,37-,44+,45-,46+/m0/s1. The number of alkyl halides is 3. The van der Waals surface area contributed by atoms with Crippen LogP contribution in [0.15, 0.2) is 35.4 Å². The van der Waals surface area contributed by atoms with Crippen LogP contribution >= 0.6 is 0 Å². The van der Waals surface area contributed by atoms with E-state index in [2.05, 4.69) is 10.1 Å². The van der Waals surface area contributed by atoms with Gasteiger partial charge in [-0.2, -0.15) is 0 Å². The lowest BCUT2D eigenvalue weighted by Gasteiger charge is -2.68. The lowest BCUT2D eigenvalue weighted by Crippen LogP contribution is -2.81. The van der Waals surface area contributed by atoms with Crippen molar-refractivity contribution in [2.45, 2.75) is 168 Å². The van der Waals surface area contributed by atoms with Crippen LogP contribution in [0.4, 0.5) is 18.0 Å². The molecule has 1 aliphatic heterocycles. The largest absolute Gasteiger partial charge is 0.573 e. The molecule has 1 saturated heterocycles. The van der Waals surface area contributed by atoms with Gasteiger partial charge in [-0.05, 0) is 94.6 Å². The number of carbonyl (C=O) groups excluding carboxylic acids is 6. The summed E-state index contributed by atoms with van der Waals surface area (Å²) in [4.78, 5) is 84.4. The monoisotopic (exact) mass is 937 g/mol. The van der Waals surface area contributed by atoms with E-state index >= 15 is 4.79 Å². The molecule has 1 heterocycles. The van der Waals surface area contributed by atoms with E-state index in [9.17, 15) is 47.4 Å². The van der Waals surface area contributed by atoms with Crippen LogP contribution in [0.3, 0.4) is 0 Å². The van der Waals surface area contributed by atoms with Crippen molar-refractivity contribution >= 4 is 35.8 Å². The number of fused-ring (bicyclic) bond motifs is 5. The SMILES string of the molecule is CC(=O)O[C@@]12CO[C@@H]1C[C@H](C)[C@@]1(C)C(=O)[C@H](OC(=O)C3CC3)C3=C(C)[C@@H](OC(=O)[C@H](O)[C@H](CC(C)C)NC(=O)OC(C)(C)C)C[C@@](O)([C@@H](OC(=O)c4cccc(OC(F)(F)F)c4)[C@H]21)C3(C)C. The fourth-order valence-electron chi connectivity index (χ4n) is 10.5. The summed E-state index contributed by atoms with van der Waals surface area (Å²) in [7, 11) is 0. The maximum Gasteiger partial charge on any atom is 0.573 e. The molecule has 4 aliphatic carbocycles. The van der Waals surface area contributed by atoms with Gasteiger partial charge in [0.2, 0.25) is 0 Å². The van der Waals surface area contributed by atoms with Gasteiger partial charge in [0, 0.05) is 24.2 Å². The number of halogens is 3. The zero-order chi connectivity index (χ0) is 49.3. The number of nitrogens with one attached hydrogen (secondary N) is 1. The molecule has 1 aromatic carbocycles. The number of alkyl carbamates (subject to hydrolysis) is 1. The Morgan fingerprint density at radius 3 is 2.21 bits per heavy atom. The Hall–Kier alpha value is -4.75. The molecule has 0 spiro atoms. The molecule has 6 rings (SSSR count). The summed E-state index contributed by atoms with van der Waals surface area (Å²) in [5.41, 5.74) is -8.99. The van der Waals surface area contributed by atoms with Gasteiger partial charge < -0.3 is 48.7 Å². The third kappa shape index (κ3) is 9.53. The predicted molar refractivity (Wildman–Crippen MR) is 224 cm³/mol. The number of amides is 1. The van der Waals surface area contributed by atoms with Gasteiger partial charge in [0.05, 0.1) is 30.0 Å². The highest BCUT2D eigenvalue weighted by Gasteiger charge is 2.78. The highest BCUT2D eigenvalue weighted by atomic mass is 19.4. The summed E-state index contributed by atoms with van der Waals surface area (Å²) in [5, 5.41) is 27.9. The van der Waals surface area contributed by atoms with Crippen LogP contribution in [0.2, 0.25) is 0 Å². The van der Waals surface area contributed by atoms with Gasteiger partial charge in [-0.1, -0.05) is 47.6 Å². The smallest absolute Gasteiger partial charge is 0.456 e. The molecular weight excluding hydrogens is 876 g/mol. The van der Waals surface area contributed by atoms with Crippen molar-refractivity contribution in [3.05, 3.63) is 41.0 Å². The third-order valence-corrected chi connectivity index (χ3v) is 14.1. The molecular formula is C47H62F3NO15. The Bertz CT molecular complexity index is 2140. The van der Waals surface area contributed by atoms with E-state index in [4.69, 9.17) is 28.4 Å². The Morgan fingerprint density at radius 2 is 1.67 bits per heavy atom. The minimum absolute atomic E-state index is 0.00941. The number of aliphatic hydroxyl groups is 2. The third-order valence-electron chi connectivity index (χ3n) is 14.1. The molecule has 1 amide bonds. The van der Waals surface area contributed by atoms with Gasteiger partial charge in [0.25, 0.3) is 0 Å². The first-order valence-corrected chi connectivity index (χ1v) is 22.3. The summed E-state index contributed by atoms with van der Waals surface area (Å²) in [6.07, 6.45) is -13.6. The van der Waals surface area contributed by atoms with Crippen LogP contribution in [0.25, 0.3) is 0 Å². The van der Waals surface area contributed by atoms with Gasteiger partial charge in [-0.15, -0.1) is 13.2 Å². The van der Waals surface area contributed by atoms with Crippen molar-refractivity contribution in [1.29, 1.82) is 0 Å². The number of hydrogen-bond donors (Lipinski definition) is 3. The highest BCUT2D eigenvalue weighted by Crippen LogP contribution is 2.66. The van der Waals surface area contributed by atoms with Crippen LogP contribution in [-0.2, 0) is 47.6 Å². The van der Waals surface area contributed by atoms with Crippen molar-refractivity contribution in [3.63, 3.8) is 0 Å². The van der Waals surface area contributed by atoms with Crippen molar-refractivity contribution in [1.82, 2.24) is 5.32 Å². The Labute approximate surface area is 381 Å². The first-order valence-electron chi connectivity index (χ1n) is 22.3. The van der Waals surface area contributed by atoms with Crippen molar-refractivity contribution in [2.24, 2.45) is 34.5 Å². The Kier molecular flexibility index (Phi) is 13.6. The first-order chi connectivity index (χ1) is 30.4. The maximum atomic E-state index is 15.9. The van der Waals surface area contributed by atoms with Gasteiger partial charge in [-0.3, -0.25) is 14.4 Å². The lowest BCUT2D eigenvalue weighted by molar-refractivity contribution is -0.340. The number of ether oxygens (including phenoxy) is 7. The molecule has 3 N–H and O–H groups in total. The first kappa shape index (κ1) is 50.7. The molecule has 5 aliphatic rings. The zero-order valence-corrected chi connectivity index (χ0v) is 39.2. The van der Waals surface area contributed by atoms with Crippen LogP contribution in [0, 0.1) is 34.5 Å². The van der Waals surface area contributed by atoms with Crippen LogP contribution in [-0.4, -0.2) is 112 Å². The Morgan fingerprint density at radius 1 is 1.02 bits per heavy atom. The van der Waals surface area contributed by atoms with Gasteiger partial charge in [-0.25, -0.2) is 14.4 Å². The second kappa shape index (κ2) is 17.7. The summed E-state index contributed by atoms with van der Waals surface area (Å²) in [6.45, 7) is 17.1. The average molecular weight is 938 g/mol. The number of rotatable bonds is 12. The summed E-state index contributed by atoms with van der Waals surface area (Å²) < 4.78 is 80.3. The second-order valence-electron chi connectivity index (χ2n) is 20.7. The number of aliphatic hydroxyl groups excluding tert-OH is 1. The molecule has 11 atom stereocenters. The molecule has 19 heteroatoms. The number of hydrogen-bond acceptors (Lipinski definition) is 15. The lowest BCUT2D eigenvalue weighted by atomic mass is 9.43. The molecule has 3 saturated carbocycles. The number of Topliss-reactive ketones (excluding diaryl/α,β-unsaturated/α-hetero) is 1. The van der Waals surface area contributed by atoms with Crippen molar-refractivity contribution < 1.29 is 85.3 Å². The van der Waals surface area contributed by atoms with E-state index in [0.717, 1.165) is 31.2 Å². The molecule has 0 aromatic heterocycles. The van der Waals surface area contributed by atoms with E-state index in [1.54, 1.807) is 48.5 Å². The molecule has 1 aromatic rings. The van der Waals surface area contributed by atoms with Gasteiger partial charge in [0.1, 0.15) is 35.3 Å². The van der Waals surface area contributed by atoms with E-state index in [1.807, 2.05) is 0 Å². The fourth-order valence-corrected chi connectivity index (χ4v) is 10.5. The number of ketones is 1. The normalized spacial score (nSPS) is 32.5. The van der Waals surface area contributed by atoms with E-state index < -0.39 is 142 Å². The predicted octanol–water partition coefficient (Wildman–Crippen LogP) is 6.07. The molecule has 366 valence electrons. The van der Waals surface area contributed by atoms with Gasteiger partial charge >= 0.3 is 36.3 Å². The van der Waals surface area contributed by atoms with E-state index in [1.165, 1.54) is 20.8 Å². The Balaban J connectivity index is 1.55. The van der Waals surface area contributed by atoms with Crippen LogP contribution in [0.1, 0.15) is 119 Å². The van der Waals surface area contributed by atoms with Crippen LogP contribution < -0.4 is 10.1 Å². The maximum absolute atomic E-state index is 15.9. The topological polar surface area (TPSA) is 220 Å². The summed E-state index contributed by atoms with van der Waals surface area (Å²) in [5.74, 6) is -8.40.